The number of halogens is 1. The van der Waals surface area contributed by atoms with Gasteiger partial charge in [-0.25, -0.2) is 13.4 Å². The van der Waals surface area contributed by atoms with Crippen LogP contribution in [0.5, 0.6) is 0 Å². The van der Waals surface area contributed by atoms with Crippen molar-refractivity contribution in [3.8, 4) is 0 Å². The Bertz CT molecular complexity index is 1290. The molecule has 0 aliphatic rings. The van der Waals surface area contributed by atoms with Crippen LogP contribution in [0.4, 0.5) is 5.13 Å². The second-order valence-corrected chi connectivity index (χ2v) is 11.5. The molecule has 0 spiro atoms. The van der Waals surface area contributed by atoms with Gasteiger partial charge in [-0.3, -0.25) is 9.69 Å². The molecule has 1 aromatic heterocycles. The van der Waals surface area contributed by atoms with Crippen LogP contribution in [0.25, 0.3) is 10.2 Å². The predicted molar refractivity (Wildman–Crippen MR) is 152 cm³/mol. The summed E-state index contributed by atoms with van der Waals surface area (Å²) in [5.41, 5.74) is 3.59. The van der Waals surface area contributed by atoms with Gasteiger partial charge in [-0.2, -0.15) is 4.31 Å². The lowest BCUT2D eigenvalue weighted by atomic mass is 10.1. The first-order valence-electron chi connectivity index (χ1n) is 11.2. The highest BCUT2D eigenvalue weighted by molar-refractivity contribution is 7.89. The Morgan fingerprint density at radius 2 is 1.58 bits per heavy atom. The summed E-state index contributed by atoms with van der Waals surface area (Å²) >= 11 is 1.48. The number of carbonyl (C=O) groups excluding carboxylic acids is 1. The lowest BCUT2D eigenvalue weighted by molar-refractivity contribution is 0.0985. The molecule has 0 atom stereocenters. The van der Waals surface area contributed by atoms with Crippen molar-refractivity contribution >= 4 is 55.0 Å². The summed E-state index contributed by atoms with van der Waals surface area (Å²) in [6, 6.07) is 10.2. The van der Waals surface area contributed by atoms with Gasteiger partial charge in [0.25, 0.3) is 5.91 Å². The maximum Gasteiger partial charge on any atom is 0.260 e. The lowest BCUT2D eigenvalue weighted by Crippen LogP contribution is -2.36. The standard InChI is InChI=1S/C26H32N4O3S2.ClH/c1-7-13-29(14-8-2)35(32,33)22-11-9-21(10-12-22)25(31)30(16-15-28(5)6)26-27-23-17-19(3)20(4)18-24(23)34-26;/h7-12,17-18H,1-2,13-16H2,3-6H3;1H. The Kier molecular flexibility index (Phi) is 10.4. The number of hydrogen-bond acceptors (Lipinski definition) is 6. The van der Waals surface area contributed by atoms with E-state index in [1.165, 1.54) is 45.5 Å². The van der Waals surface area contributed by atoms with Crippen molar-refractivity contribution in [1.82, 2.24) is 14.2 Å². The Morgan fingerprint density at radius 3 is 2.14 bits per heavy atom. The first kappa shape index (κ1) is 29.7. The summed E-state index contributed by atoms with van der Waals surface area (Å²) in [5, 5.41) is 0.622. The number of aromatic nitrogens is 1. The number of sulfonamides is 1. The third-order valence-corrected chi connectivity index (χ3v) is 8.53. The van der Waals surface area contributed by atoms with Crippen LogP contribution in [-0.2, 0) is 10.0 Å². The minimum Gasteiger partial charge on any atom is -0.308 e. The second-order valence-electron chi connectivity index (χ2n) is 8.58. The molecule has 1 amide bonds. The van der Waals surface area contributed by atoms with Gasteiger partial charge in [-0.1, -0.05) is 23.5 Å². The van der Waals surface area contributed by atoms with E-state index in [4.69, 9.17) is 4.98 Å². The van der Waals surface area contributed by atoms with Gasteiger partial charge in [0.05, 0.1) is 15.1 Å². The first-order valence-corrected chi connectivity index (χ1v) is 13.5. The van der Waals surface area contributed by atoms with Gasteiger partial charge < -0.3 is 4.90 Å². The first-order chi connectivity index (χ1) is 16.6. The smallest absolute Gasteiger partial charge is 0.260 e. The number of likely N-dealkylation sites (N-methyl/N-ethyl adjacent to an activating group) is 1. The summed E-state index contributed by atoms with van der Waals surface area (Å²) in [6.45, 7) is 12.8. The van der Waals surface area contributed by atoms with Crippen molar-refractivity contribution in [2.45, 2.75) is 18.7 Å². The Morgan fingerprint density at radius 1 is 1.00 bits per heavy atom. The second kappa shape index (κ2) is 12.6. The highest BCUT2D eigenvalue weighted by Crippen LogP contribution is 2.31. The molecule has 0 N–H and O–H groups in total. The van der Waals surface area contributed by atoms with E-state index in [-0.39, 0.29) is 36.3 Å². The van der Waals surface area contributed by atoms with Crippen LogP contribution < -0.4 is 4.90 Å². The summed E-state index contributed by atoms with van der Waals surface area (Å²) in [7, 11) is 0.162. The molecule has 2 aromatic carbocycles. The Labute approximate surface area is 224 Å². The van der Waals surface area contributed by atoms with Crippen molar-refractivity contribution in [1.29, 1.82) is 0 Å². The van der Waals surface area contributed by atoms with Crippen LogP contribution in [0.3, 0.4) is 0 Å². The van der Waals surface area contributed by atoms with E-state index in [0.29, 0.717) is 23.8 Å². The van der Waals surface area contributed by atoms with Gasteiger partial charge in [0.2, 0.25) is 10.0 Å². The number of amides is 1. The van der Waals surface area contributed by atoms with Gasteiger partial charge >= 0.3 is 0 Å². The molecule has 1 heterocycles. The number of benzene rings is 2. The maximum absolute atomic E-state index is 13.6. The number of nitrogens with zero attached hydrogens (tertiary/aromatic N) is 4. The van der Waals surface area contributed by atoms with E-state index in [1.807, 2.05) is 32.0 Å². The fraction of sp³-hybridized carbons (Fsp3) is 0.308. The lowest BCUT2D eigenvalue weighted by Gasteiger charge is -2.22. The molecule has 0 bridgehead atoms. The zero-order valence-electron chi connectivity index (χ0n) is 21.1. The van der Waals surface area contributed by atoms with E-state index in [1.54, 1.807) is 17.0 Å². The minimum absolute atomic E-state index is 0. The fourth-order valence-electron chi connectivity index (χ4n) is 3.50. The Hall–Kier alpha value is -2.56. The predicted octanol–water partition coefficient (Wildman–Crippen LogP) is 4.91. The van der Waals surface area contributed by atoms with E-state index < -0.39 is 10.0 Å². The zero-order valence-corrected chi connectivity index (χ0v) is 23.5. The number of thiazole rings is 1. The summed E-state index contributed by atoms with van der Waals surface area (Å²) < 4.78 is 28.3. The molecular weight excluding hydrogens is 516 g/mol. The molecule has 0 aliphatic carbocycles. The number of aryl methyl sites for hydroxylation is 2. The highest BCUT2D eigenvalue weighted by Gasteiger charge is 2.25. The molecular formula is C26H33ClN4O3S2. The third-order valence-electron chi connectivity index (χ3n) is 5.64. The number of carbonyl (C=O) groups is 1. The van der Waals surface area contributed by atoms with E-state index in [9.17, 15) is 13.2 Å². The fourth-order valence-corrected chi connectivity index (χ4v) is 5.95. The van der Waals surface area contributed by atoms with Crippen molar-refractivity contribution < 1.29 is 13.2 Å². The van der Waals surface area contributed by atoms with Crippen LogP contribution in [-0.4, -0.2) is 68.8 Å². The number of fused-ring (bicyclic) bond motifs is 1. The van der Waals surface area contributed by atoms with Crippen molar-refractivity contribution in [3.63, 3.8) is 0 Å². The quantitative estimate of drug-likeness (QED) is 0.318. The van der Waals surface area contributed by atoms with Crippen LogP contribution in [0.15, 0.2) is 66.6 Å². The van der Waals surface area contributed by atoms with Crippen molar-refractivity contribution in [2.75, 3.05) is 45.2 Å². The van der Waals surface area contributed by atoms with Crippen LogP contribution in [0.2, 0.25) is 0 Å². The summed E-state index contributed by atoms with van der Waals surface area (Å²) in [5.74, 6) is -0.225. The largest absolute Gasteiger partial charge is 0.308 e. The molecule has 0 radical (unpaired) electrons. The van der Waals surface area contributed by atoms with Crippen LogP contribution >= 0.6 is 23.7 Å². The molecule has 3 rings (SSSR count). The zero-order chi connectivity index (χ0) is 25.8. The monoisotopic (exact) mass is 548 g/mol. The normalized spacial score (nSPS) is 11.5. The average molecular weight is 549 g/mol. The van der Waals surface area contributed by atoms with Crippen LogP contribution in [0, 0.1) is 13.8 Å². The average Bonchev–Trinajstić information content (AvgIpc) is 3.21. The molecule has 0 unspecified atom stereocenters. The number of hydrogen-bond donors (Lipinski definition) is 0. The molecule has 0 saturated carbocycles. The molecule has 10 heteroatoms. The van der Waals surface area contributed by atoms with Gasteiger partial charge in [0.1, 0.15) is 0 Å². The Balaban J connectivity index is 0.00000456. The van der Waals surface area contributed by atoms with Gasteiger partial charge in [-0.05, 0) is 75.5 Å². The third kappa shape index (κ3) is 6.60. The van der Waals surface area contributed by atoms with Gasteiger partial charge in [0, 0.05) is 31.7 Å². The van der Waals surface area contributed by atoms with Crippen LogP contribution in [0.1, 0.15) is 21.5 Å². The van der Waals surface area contributed by atoms with E-state index >= 15 is 0 Å². The summed E-state index contributed by atoms with van der Waals surface area (Å²) in [6.07, 6.45) is 3.06. The van der Waals surface area contributed by atoms with Gasteiger partial charge in [-0.15, -0.1) is 25.6 Å². The molecule has 0 aliphatic heterocycles. The SMILES string of the molecule is C=CCN(CC=C)S(=O)(=O)c1ccc(C(=O)N(CCN(C)C)c2nc3cc(C)c(C)cc3s2)cc1.Cl. The molecule has 0 fully saturated rings. The maximum atomic E-state index is 13.6. The van der Waals surface area contributed by atoms with E-state index in [2.05, 4.69) is 26.1 Å². The van der Waals surface area contributed by atoms with E-state index in [0.717, 1.165) is 15.8 Å². The minimum atomic E-state index is -3.74. The molecule has 36 heavy (non-hydrogen) atoms. The molecule has 7 nitrogen and oxygen atoms in total. The number of rotatable bonds is 11. The van der Waals surface area contributed by atoms with Gasteiger partial charge in [0.15, 0.2) is 5.13 Å². The van der Waals surface area contributed by atoms with Crippen molar-refractivity contribution in [2.24, 2.45) is 0 Å². The van der Waals surface area contributed by atoms with Crippen molar-refractivity contribution in [3.05, 3.63) is 78.4 Å². The summed E-state index contributed by atoms with van der Waals surface area (Å²) in [4.78, 5) is 22.1. The molecule has 3 aromatic rings. The highest BCUT2D eigenvalue weighted by atomic mass is 35.5. The number of anilines is 1. The molecule has 0 saturated heterocycles. The molecule has 194 valence electrons. The topological polar surface area (TPSA) is 73.8 Å².